The van der Waals surface area contributed by atoms with E-state index < -0.39 is 5.69 Å². The summed E-state index contributed by atoms with van der Waals surface area (Å²) in [6, 6.07) is 1.64. The SMILES string of the molecule is CC(C)Cc1cc(C(=O)NCCCN2CCC[C@H](C(N)=O)C2)nc(=O)[nH]1. The van der Waals surface area contributed by atoms with Gasteiger partial charge in [0.05, 0.1) is 5.92 Å². The van der Waals surface area contributed by atoms with Crippen LogP contribution in [0, 0.1) is 11.8 Å². The summed E-state index contributed by atoms with van der Waals surface area (Å²) < 4.78 is 0. The third-order valence-electron chi connectivity index (χ3n) is 4.51. The van der Waals surface area contributed by atoms with Gasteiger partial charge in [0.15, 0.2) is 0 Å². The minimum Gasteiger partial charge on any atom is -0.369 e. The Balaban J connectivity index is 1.79. The lowest BCUT2D eigenvalue weighted by atomic mass is 9.97. The summed E-state index contributed by atoms with van der Waals surface area (Å²) in [6.07, 6.45) is 3.28. The van der Waals surface area contributed by atoms with E-state index in [2.05, 4.69) is 20.2 Å². The highest BCUT2D eigenvalue weighted by atomic mass is 16.2. The molecule has 0 bridgehead atoms. The van der Waals surface area contributed by atoms with Crippen molar-refractivity contribution in [1.29, 1.82) is 0 Å². The van der Waals surface area contributed by atoms with Gasteiger partial charge in [0.1, 0.15) is 5.69 Å². The Kier molecular flexibility index (Phi) is 7.32. The van der Waals surface area contributed by atoms with Crippen LogP contribution in [-0.2, 0) is 11.2 Å². The molecule has 2 amide bonds. The van der Waals surface area contributed by atoms with Gasteiger partial charge in [-0.1, -0.05) is 13.8 Å². The van der Waals surface area contributed by atoms with Crippen molar-refractivity contribution in [2.45, 2.75) is 39.5 Å². The van der Waals surface area contributed by atoms with Crippen molar-refractivity contribution in [1.82, 2.24) is 20.2 Å². The number of nitrogens with zero attached hydrogens (tertiary/aromatic N) is 2. The normalized spacial score (nSPS) is 18.0. The van der Waals surface area contributed by atoms with E-state index in [1.54, 1.807) is 6.07 Å². The number of amides is 2. The van der Waals surface area contributed by atoms with Crippen molar-refractivity contribution in [3.8, 4) is 0 Å². The first-order chi connectivity index (χ1) is 12.3. The number of nitrogens with two attached hydrogens (primary N) is 1. The highest BCUT2D eigenvalue weighted by molar-refractivity contribution is 5.92. The molecular weight excluding hydrogens is 334 g/mol. The first kappa shape index (κ1) is 20.1. The second kappa shape index (κ2) is 9.47. The average molecular weight is 363 g/mol. The smallest absolute Gasteiger partial charge is 0.345 e. The molecule has 1 aliphatic rings. The summed E-state index contributed by atoms with van der Waals surface area (Å²) in [4.78, 5) is 43.8. The summed E-state index contributed by atoms with van der Waals surface area (Å²) in [6.45, 7) is 7.02. The van der Waals surface area contributed by atoms with Crippen molar-refractivity contribution in [2.75, 3.05) is 26.2 Å². The molecule has 26 heavy (non-hydrogen) atoms. The van der Waals surface area contributed by atoms with E-state index in [1.807, 2.05) is 13.8 Å². The summed E-state index contributed by atoms with van der Waals surface area (Å²) in [5.74, 6) is -0.272. The maximum absolute atomic E-state index is 12.2. The van der Waals surface area contributed by atoms with Gasteiger partial charge in [-0.05, 0) is 50.8 Å². The molecule has 1 aromatic rings. The summed E-state index contributed by atoms with van der Waals surface area (Å²) in [5, 5.41) is 2.81. The predicted octanol–water partition coefficient (Wildman–Crippen LogP) is 0.286. The molecule has 1 aromatic heterocycles. The highest BCUT2D eigenvalue weighted by Gasteiger charge is 2.23. The highest BCUT2D eigenvalue weighted by Crippen LogP contribution is 2.15. The third kappa shape index (κ3) is 6.25. The van der Waals surface area contributed by atoms with Gasteiger partial charge < -0.3 is 20.9 Å². The number of hydrogen-bond donors (Lipinski definition) is 3. The zero-order chi connectivity index (χ0) is 19.1. The standard InChI is InChI=1S/C18H29N5O3/c1-12(2)9-14-10-15(22-18(26)21-14)17(25)20-6-4-8-23-7-3-5-13(11-23)16(19)24/h10,12-13H,3-9,11H2,1-2H3,(H2,19,24)(H,20,25)(H,21,22,26)/t13-/m0/s1. The topological polar surface area (TPSA) is 121 Å². The Morgan fingerprint density at radius 3 is 2.92 bits per heavy atom. The van der Waals surface area contributed by atoms with E-state index in [1.165, 1.54) is 0 Å². The maximum atomic E-state index is 12.2. The van der Waals surface area contributed by atoms with Gasteiger partial charge in [0.2, 0.25) is 5.91 Å². The number of rotatable bonds is 8. The summed E-state index contributed by atoms with van der Waals surface area (Å²) in [5.41, 5.74) is 5.75. The molecule has 2 heterocycles. The average Bonchev–Trinajstić information content (AvgIpc) is 2.57. The van der Waals surface area contributed by atoms with Gasteiger partial charge >= 0.3 is 5.69 Å². The number of likely N-dealkylation sites (tertiary alicyclic amines) is 1. The number of H-pyrrole nitrogens is 1. The fourth-order valence-electron chi connectivity index (χ4n) is 3.26. The number of hydrogen-bond acceptors (Lipinski definition) is 5. The van der Waals surface area contributed by atoms with Gasteiger partial charge in [-0.25, -0.2) is 4.79 Å². The third-order valence-corrected chi connectivity index (χ3v) is 4.51. The van der Waals surface area contributed by atoms with E-state index in [9.17, 15) is 14.4 Å². The second-order valence-corrected chi connectivity index (χ2v) is 7.35. The van der Waals surface area contributed by atoms with Gasteiger partial charge in [0, 0.05) is 18.8 Å². The fourth-order valence-corrected chi connectivity index (χ4v) is 3.26. The number of piperidine rings is 1. The van der Waals surface area contributed by atoms with E-state index in [0.29, 0.717) is 25.4 Å². The van der Waals surface area contributed by atoms with Crippen molar-refractivity contribution < 1.29 is 9.59 Å². The predicted molar refractivity (Wildman–Crippen MR) is 98.7 cm³/mol. The monoisotopic (exact) mass is 363 g/mol. The molecule has 8 nitrogen and oxygen atoms in total. The quantitative estimate of drug-likeness (QED) is 0.573. The molecule has 0 saturated carbocycles. The van der Waals surface area contributed by atoms with E-state index in [0.717, 1.165) is 38.0 Å². The molecule has 0 spiro atoms. The summed E-state index contributed by atoms with van der Waals surface area (Å²) in [7, 11) is 0. The molecular formula is C18H29N5O3. The van der Waals surface area contributed by atoms with Crippen LogP contribution in [0.1, 0.15) is 49.3 Å². The Bertz CT molecular complexity index is 686. The van der Waals surface area contributed by atoms with Crippen LogP contribution in [0.25, 0.3) is 0 Å². The number of aromatic nitrogens is 2. The van der Waals surface area contributed by atoms with Crippen LogP contribution in [0.15, 0.2) is 10.9 Å². The maximum Gasteiger partial charge on any atom is 0.345 e. The molecule has 1 aliphatic heterocycles. The number of nitrogens with one attached hydrogen (secondary N) is 2. The van der Waals surface area contributed by atoms with Gasteiger partial charge in [0.25, 0.3) is 5.91 Å². The molecule has 144 valence electrons. The zero-order valence-electron chi connectivity index (χ0n) is 15.6. The number of aromatic amines is 1. The molecule has 1 saturated heterocycles. The van der Waals surface area contributed by atoms with Gasteiger partial charge in [-0.15, -0.1) is 0 Å². The van der Waals surface area contributed by atoms with E-state index in [4.69, 9.17) is 5.73 Å². The van der Waals surface area contributed by atoms with Crippen LogP contribution in [0.4, 0.5) is 0 Å². The first-order valence-electron chi connectivity index (χ1n) is 9.25. The summed E-state index contributed by atoms with van der Waals surface area (Å²) >= 11 is 0. The Hall–Kier alpha value is -2.22. The fraction of sp³-hybridized carbons (Fsp3) is 0.667. The Morgan fingerprint density at radius 1 is 1.46 bits per heavy atom. The Labute approximate surface area is 153 Å². The van der Waals surface area contributed by atoms with E-state index >= 15 is 0 Å². The lowest BCUT2D eigenvalue weighted by molar-refractivity contribution is -0.123. The lowest BCUT2D eigenvalue weighted by Crippen LogP contribution is -2.42. The number of carbonyl (C=O) groups excluding carboxylic acids is 2. The van der Waals surface area contributed by atoms with Crippen LogP contribution in [0.5, 0.6) is 0 Å². The molecule has 0 aromatic carbocycles. The molecule has 1 fully saturated rings. The van der Waals surface area contributed by atoms with E-state index in [-0.39, 0.29) is 23.4 Å². The van der Waals surface area contributed by atoms with Crippen LogP contribution in [-0.4, -0.2) is 52.9 Å². The second-order valence-electron chi connectivity index (χ2n) is 7.35. The van der Waals surface area contributed by atoms with Gasteiger partial charge in [-0.3, -0.25) is 9.59 Å². The van der Waals surface area contributed by atoms with Crippen LogP contribution in [0.3, 0.4) is 0 Å². The number of carbonyl (C=O) groups is 2. The lowest BCUT2D eigenvalue weighted by Gasteiger charge is -2.31. The van der Waals surface area contributed by atoms with Gasteiger partial charge in [-0.2, -0.15) is 4.98 Å². The number of primary amides is 1. The van der Waals surface area contributed by atoms with Crippen molar-refractivity contribution in [3.05, 3.63) is 27.9 Å². The van der Waals surface area contributed by atoms with Crippen LogP contribution >= 0.6 is 0 Å². The molecule has 4 N–H and O–H groups in total. The zero-order valence-corrected chi connectivity index (χ0v) is 15.6. The minimum atomic E-state index is -0.501. The Morgan fingerprint density at radius 2 is 2.23 bits per heavy atom. The van der Waals surface area contributed by atoms with Crippen molar-refractivity contribution in [2.24, 2.45) is 17.6 Å². The molecule has 1 atom stereocenters. The minimum absolute atomic E-state index is 0.0713. The first-order valence-corrected chi connectivity index (χ1v) is 9.25. The van der Waals surface area contributed by atoms with Crippen molar-refractivity contribution in [3.63, 3.8) is 0 Å². The molecule has 0 unspecified atom stereocenters. The molecule has 0 aliphatic carbocycles. The van der Waals surface area contributed by atoms with Crippen LogP contribution < -0.4 is 16.7 Å². The molecule has 8 heteroatoms. The van der Waals surface area contributed by atoms with Crippen molar-refractivity contribution >= 4 is 11.8 Å². The van der Waals surface area contributed by atoms with Crippen LogP contribution in [0.2, 0.25) is 0 Å². The molecule has 0 radical (unpaired) electrons. The largest absolute Gasteiger partial charge is 0.369 e. The molecule has 2 rings (SSSR count).